The van der Waals surface area contributed by atoms with Gasteiger partial charge in [0, 0.05) is 6.42 Å². The van der Waals surface area contributed by atoms with Gasteiger partial charge < -0.3 is 5.11 Å². The molecule has 0 saturated heterocycles. The van der Waals surface area contributed by atoms with Gasteiger partial charge >= 0.3 is 0 Å². The Balaban J connectivity index is 2.66. The van der Waals surface area contributed by atoms with E-state index in [0.717, 1.165) is 9.75 Å². The van der Waals surface area contributed by atoms with Crippen LogP contribution in [0.15, 0.2) is 24.3 Å². The molecule has 0 aromatic carbocycles. The van der Waals surface area contributed by atoms with Crippen LogP contribution in [0.4, 0.5) is 0 Å². The normalized spacial score (nSPS) is 9.20. The van der Waals surface area contributed by atoms with E-state index in [9.17, 15) is 0 Å². The van der Waals surface area contributed by atoms with Crippen LogP contribution in [0.5, 0.6) is 0 Å². The maximum atomic E-state index is 8.56. The molecule has 0 atom stereocenters. The van der Waals surface area contributed by atoms with E-state index in [0.29, 0.717) is 6.42 Å². The summed E-state index contributed by atoms with van der Waals surface area (Å²) in [5, 5.41) is 8.56. The van der Waals surface area contributed by atoms with Crippen LogP contribution in [0.1, 0.15) is 23.1 Å². The van der Waals surface area contributed by atoms with Gasteiger partial charge in [0.15, 0.2) is 0 Å². The molecule has 0 fully saturated rings. The van der Waals surface area contributed by atoms with Crippen LogP contribution < -0.4 is 0 Å². The Morgan fingerprint density at radius 1 is 1.33 bits per heavy atom. The van der Waals surface area contributed by atoms with E-state index in [1.54, 1.807) is 11.3 Å². The lowest BCUT2D eigenvalue weighted by Gasteiger charge is -1.78. The highest BCUT2D eigenvalue weighted by Gasteiger charge is 1.92. The number of aliphatic hydroxyl groups is 1. The van der Waals surface area contributed by atoms with Crippen LogP contribution >= 0.6 is 11.3 Å². The van der Waals surface area contributed by atoms with Gasteiger partial charge in [-0.05, 0) is 25.1 Å². The van der Waals surface area contributed by atoms with E-state index < -0.39 is 0 Å². The molecule has 0 saturated carbocycles. The van der Waals surface area contributed by atoms with Crippen molar-refractivity contribution in [1.29, 1.82) is 0 Å². The summed E-state index contributed by atoms with van der Waals surface area (Å²) in [6.07, 6.45) is 4.25. The third-order valence-electron chi connectivity index (χ3n) is 1.50. The van der Waals surface area contributed by atoms with Crippen molar-refractivity contribution in [1.82, 2.24) is 0 Å². The minimum Gasteiger partial charge on any atom is -0.395 e. The second kappa shape index (κ2) is 6.90. The molecule has 1 N–H and O–H groups in total. The standard InChI is InChI=1S/C13H12OS/c1-2-3-4-7-12-9-10-13(15-12)8-5-6-11-14/h2-3,9-10,14H,6,11H2,1H3. The first-order chi connectivity index (χ1) is 7.36. The lowest BCUT2D eigenvalue weighted by Crippen LogP contribution is -1.75. The lowest BCUT2D eigenvalue weighted by molar-refractivity contribution is 0.305. The number of hydrogen-bond donors (Lipinski definition) is 1. The molecule has 0 unspecified atom stereocenters. The maximum Gasteiger partial charge on any atom is 0.0785 e. The van der Waals surface area contributed by atoms with Crippen LogP contribution in [0.2, 0.25) is 0 Å². The van der Waals surface area contributed by atoms with Gasteiger partial charge in [0.1, 0.15) is 0 Å². The molecule has 0 radical (unpaired) electrons. The van der Waals surface area contributed by atoms with Gasteiger partial charge in [-0.1, -0.05) is 29.8 Å². The fourth-order valence-corrected chi connectivity index (χ4v) is 1.62. The summed E-state index contributed by atoms with van der Waals surface area (Å²) >= 11 is 1.57. The van der Waals surface area contributed by atoms with Crippen molar-refractivity contribution in [2.75, 3.05) is 6.61 Å². The minimum absolute atomic E-state index is 0.117. The number of thiophene rings is 1. The molecule has 0 spiro atoms. The van der Waals surface area contributed by atoms with Gasteiger partial charge in [0.05, 0.1) is 16.4 Å². The first-order valence-corrected chi connectivity index (χ1v) is 5.50. The summed E-state index contributed by atoms with van der Waals surface area (Å²) < 4.78 is 0. The largest absolute Gasteiger partial charge is 0.395 e. The Morgan fingerprint density at radius 2 is 2.07 bits per heavy atom. The first kappa shape index (κ1) is 11.6. The van der Waals surface area contributed by atoms with E-state index in [-0.39, 0.29) is 6.61 Å². The molecule has 1 aromatic heterocycles. The molecule has 1 rings (SSSR count). The molecule has 76 valence electrons. The zero-order valence-electron chi connectivity index (χ0n) is 8.58. The summed E-state index contributed by atoms with van der Waals surface area (Å²) in [4.78, 5) is 2.01. The van der Waals surface area contributed by atoms with Gasteiger partial charge in [-0.15, -0.1) is 11.3 Å². The van der Waals surface area contributed by atoms with Crippen LogP contribution in [0.3, 0.4) is 0 Å². The molecule has 1 nitrogen and oxygen atoms in total. The van der Waals surface area contributed by atoms with Gasteiger partial charge in [0.2, 0.25) is 0 Å². The van der Waals surface area contributed by atoms with Crippen LogP contribution in [0.25, 0.3) is 0 Å². The average Bonchev–Trinajstić information content (AvgIpc) is 2.67. The van der Waals surface area contributed by atoms with Crippen LogP contribution in [0, 0.1) is 23.7 Å². The van der Waals surface area contributed by atoms with E-state index in [1.165, 1.54) is 0 Å². The molecule has 0 aliphatic rings. The Morgan fingerprint density at radius 3 is 2.73 bits per heavy atom. The number of rotatable bonds is 1. The van der Waals surface area contributed by atoms with Crippen molar-refractivity contribution in [2.45, 2.75) is 13.3 Å². The monoisotopic (exact) mass is 216 g/mol. The summed E-state index contributed by atoms with van der Waals surface area (Å²) in [5.41, 5.74) is 0. The van der Waals surface area contributed by atoms with Crippen LogP contribution in [-0.2, 0) is 0 Å². The van der Waals surface area contributed by atoms with E-state index >= 15 is 0 Å². The molecule has 1 aromatic rings. The molecule has 15 heavy (non-hydrogen) atoms. The van der Waals surface area contributed by atoms with Gasteiger partial charge in [0.25, 0.3) is 0 Å². The lowest BCUT2D eigenvalue weighted by atomic mass is 10.4. The predicted molar refractivity (Wildman–Crippen MR) is 64.6 cm³/mol. The van der Waals surface area contributed by atoms with Crippen molar-refractivity contribution >= 4 is 11.3 Å². The maximum absolute atomic E-state index is 8.56. The second-order valence-electron chi connectivity index (χ2n) is 2.71. The zero-order valence-corrected chi connectivity index (χ0v) is 9.40. The Kier molecular flexibility index (Phi) is 5.33. The quantitative estimate of drug-likeness (QED) is 0.715. The fraction of sp³-hybridized carbons (Fsp3) is 0.231. The molecular formula is C13H12OS. The summed E-state index contributed by atoms with van der Waals surface area (Å²) in [7, 11) is 0. The highest BCUT2D eigenvalue weighted by atomic mass is 32.1. The van der Waals surface area contributed by atoms with Crippen molar-refractivity contribution < 1.29 is 5.11 Å². The molecule has 0 aliphatic heterocycles. The molecule has 0 amide bonds. The third-order valence-corrected chi connectivity index (χ3v) is 2.42. The Bertz CT molecular complexity index is 446. The third kappa shape index (κ3) is 4.51. The minimum atomic E-state index is 0.117. The Labute approximate surface area is 94.5 Å². The van der Waals surface area contributed by atoms with E-state index in [4.69, 9.17) is 5.11 Å². The fourth-order valence-electron chi connectivity index (χ4n) is 0.874. The summed E-state index contributed by atoms with van der Waals surface area (Å²) in [5.74, 6) is 11.8. The van der Waals surface area contributed by atoms with Crippen molar-refractivity contribution in [3.05, 3.63) is 34.0 Å². The number of hydrogen-bond acceptors (Lipinski definition) is 2. The second-order valence-corrected chi connectivity index (χ2v) is 3.79. The van der Waals surface area contributed by atoms with Gasteiger partial charge in [-0.25, -0.2) is 0 Å². The molecule has 1 heterocycles. The number of allylic oxidation sites excluding steroid dienone is 2. The molecule has 2 heteroatoms. The SMILES string of the molecule is CC=CC#Cc1ccc(C#CCCO)s1. The number of aliphatic hydroxyl groups excluding tert-OH is 1. The molecule has 0 aliphatic carbocycles. The van der Waals surface area contributed by atoms with Crippen molar-refractivity contribution in [3.8, 4) is 23.7 Å². The van der Waals surface area contributed by atoms with Crippen LogP contribution in [-0.4, -0.2) is 11.7 Å². The van der Waals surface area contributed by atoms with Crippen molar-refractivity contribution in [3.63, 3.8) is 0 Å². The average molecular weight is 216 g/mol. The summed E-state index contributed by atoms with van der Waals surface area (Å²) in [6.45, 7) is 2.06. The van der Waals surface area contributed by atoms with Gasteiger partial charge in [-0.3, -0.25) is 0 Å². The van der Waals surface area contributed by atoms with E-state index in [2.05, 4.69) is 23.7 Å². The zero-order chi connectivity index (χ0) is 10.9. The highest BCUT2D eigenvalue weighted by molar-refractivity contribution is 7.13. The summed E-state index contributed by atoms with van der Waals surface area (Å²) in [6, 6.07) is 3.92. The van der Waals surface area contributed by atoms with Gasteiger partial charge in [-0.2, -0.15) is 0 Å². The molecular weight excluding hydrogens is 204 g/mol. The Hall–Kier alpha value is -1.48. The van der Waals surface area contributed by atoms with E-state index in [1.807, 2.05) is 31.2 Å². The predicted octanol–water partition coefficient (Wildman–Crippen LogP) is 2.41. The first-order valence-electron chi connectivity index (χ1n) is 4.69. The highest BCUT2D eigenvalue weighted by Crippen LogP contribution is 2.13. The molecule has 0 bridgehead atoms. The topological polar surface area (TPSA) is 20.2 Å². The smallest absolute Gasteiger partial charge is 0.0785 e. The van der Waals surface area contributed by atoms with Crippen molar-refractivity contribution in [2.24, 2.45) is 0 Å².